The first kappa shape index (κ1) is 21.2. The van der Waals surface area contributed by atoms with Crippen LogP contribution < -0.4 is 0 Å². The number of likely N-dealkylation sites (tertiary alicyclic amines) is 1. The minimum Gasteiger partial charge on any atom is -0.361 e. The molecule has 0 aliphatic carbocycles. The minimum atomic E-state index is -4.68. The number of rotatable bonds is 3. The fourth-order valence-electron chi connectivity index (χ4n) is 4.50. The Bertz CT molecular complexity index is 1320. The average molecular weight is 455 g/mol. The maximum Gasteiger partial charge on any atom is 0.433 e. The largest absolute Gasteiger partial charge is 0.433 e. The molecule has 1 aliphatic heterocycles. The molecule has 5 rings (SSSR count). The Morgan fingerprint density at radius 3 is 2.61 bits per heavy atom. The van der Waals surface area contributed by atoms with Gasteiger partial charge in [0.05, 0.1) is 23.6 Å². The molecule has 4 aromatic rings. The first-order valence-corrected chi connectivity index (χ1v) is 10.5. The van der Waals surface area contributed by atoms with E-state index in [4.69, 9.17) is 4.52 Å². The van der Waals surface area contributed by atoms with Crippen LogP contribution in [-0.4, -0.2) is 37.1 Å². The molecule has 4 heterocycles. The first-order chi connectivity index (χ1) is 15.8. The predicted octanol–water partition coefficient (Wildman–Crippen LogP) is 5.00. The number of benzene rings is 1. The smallest absolute Gasteiger partial charge is 0.361 e. The van der Waals surface area contributed by atoms with Gasteiger partial charge in [-0.1, -0.05) is 35.5 Å². The molecular weight excluding hydrogens is 435 g/mol. The molecule has 170 valence electrons. The molecule has 1 atom stereocenters. The zero-order chi connectivity index (χ0) is 23.3. The Morgan fingerprint density at radius 2 is 1.94 bits per heavy atom. The van der Waals surface area contributed by atoms with Gasteiger partial charge in [-0.2, -0.15) is 18.3 Å². The summed E-state index contributed by atoms with van der Waals surface area (Å²) in [6, 6.07) is 9.23. The lowest BCUT2D eigenvalue weighted by Crippen LogP contribution is -2.31. The summed E-state index contributed by atoms with van der Waals surface area (Å²) < 4.78 is 47.5. The van der Waals surface area contributed by atoms with Crippen molar-refractivity contribution < 1.29 is 22.5 Å². The number of nitrogens with zero attached hydrogens (tertiary/aromatic N) is 5. The van der Waals surface area contributed by atoms with E-state index in [2.05, 4.69) is 15.2 Å². The van der Waals surface area contributed by atoms with Gasteiger partial charge in [-0.05, 0) is 32.8 Å². The van der Waals surface area contributed by atoms with Crippen LogP contribution in [0.25, 0.3) is 16.9 Å². The molecule has 3 aromatic heterocycles. The predicted molar refractivity (Wildman–Crippen MR) is 112 cm³/mol. The van der Waals surface area contributed by atoms with Crippen molar-refractivity contribution in [2.45, 2.75) is 38.9 Å². The summed E-state index contributed by atoms with van der Waals surface area (Å²) in [6.07, 6.45) is -2.04. The van der Waals surface area contributed by atoms with E-state index < -0.39 is 17.8 Å². The van der Waals surface area contributed by atoms with Gasteiger partial charge in [0.15, 0.2) is 11.3 Å². The molecule has 1 saturated heterocycles. The highest BCUT2D eigenvalue weighted by atomic mass is 19.4. The van der Waals surface area contributed by atoms with Crippen LogP contribution in [0.3, 0.4) is 0 Å². The third-order valence-corrected chi connectivity index (χ3v) is 6.00. The van der Waals surface area contributed by atoms with Gasteiger partial charge in [0, 0.05) is 17.7 Å². The SMILES string of the molecule is Cc1noc(C)c1[C@H]1CCCN1C(=O)c1cnn2c(C(F)(F)F)cc(-c3ccccc3)nc12. The van der Waals surface area contributed by atoms with Crippen LogP contribution in [0.15, 0.2) is 47.1 Å². The van der Waals surface area contributed by atoms with Crippen molar-refractivity contribution in [2.75, 3.05) is 6.54 Å². The Kier molecular flexibility index (Phi) is 4.95. The highest BCUT2D eigenvalue weighted by Gasteiger charge is 2.38. The van der Waals surface area contributed by atoms with E-state index in [9.17, 15) is 18.0 Å². The molecule has 10 heteroatoms. The van der Waals surface area contributed by atoms with Gasteiger partial charge in [0.1, 0.15) is 11.3 Å². The standard InChI is InChI=1S/C23H20F3N5O2/c1-13-20(14(2)33-29-13)18-9-6-10-30(18)22(32)16-12-27-31-19(23(24,25)26)11-17(28-21(16)31)15-7-4-3-5-8-15/h3-5,7-8,11-12,18H,6,9-10H2,1-2H3/t18-/m1/s1. The van der Waals surface area contributed by atoms with Gasteiger partial charge in [-0.15, -0.1) is 0 Å². The molecule has 0 unspecified atom stereocenters. The highest BCUT2D eigenvalue weighted by Crippen LogP contribution is 2.38. The van der Waals surface area contributed by atoms with Crippen molar-refractivity contribution in [3.63, 3.8) is 0 Å². The summed E-state index contributed by atoms with van der Waals surface area (Å²) in [6.45, 7) is 4.07. The second kappa shape index (κ2) is 7.72. The summed E-state index contributed by atoms with van der Waals surface area (Å²) in [7, 11) is 0. The van der Waals surface area contributed by atoms with Crippen LogP contribution in [0.5, 0.6) is 0 Å². The van der Waals surface area contributed by atoms with Gasteiger partial charge in [-0.3, -0.25) is 4.79 Å². The quantitative estimate of drug-likeness (QED) is 0.435. The number of carbonyl (C=O) groups excluding carboxylic acids is 1. The maximum absolute atomic E-state index is 13.9. The number of hydrogen-bond donors (Lipinski definition) is 0. The average Bonchev–Trinajstić information content (AvgIpc) is 3.51. The van der Waals surface area contributed by atoms with Crippen LogP contribution in [0.4, 0.5) is 13.2 Å². The minimum absolute atomic E-state index is 0.0249. The fourth-order valence-corrected chi connectivity index (χ4v) is 4.50. The van der Waals surface area contributed by atoms with E-state index in [0.717, 1.165) is 24.2 Å². The van der Waals surface area contributed by atoms with E-state index in [1.54, 1.807) is 42.2 Å². The van der Waals surface area contributed by atoms with Gasteiger partial charge >= 0.3 is 6.18 Å². The van der Waals surface area contributed by atoms with Crippen molar-refractivity contribution >= 4 is 11.6 Å². The third-order valence-electron chi connectivity index (χ3n) is 6.00. The Balaban J connectivity index is 1.63. The molecule has 0 radical (unpaired) electrons. The maximum atomic E-state index is 13.9. The molecular formula is C23H20F3N5O2. The van der Waals surface area contributed by atoms with E-state index >= 15 is 0 Å². The number of amides is 1. The molecule has 0 saturated carbocycles. The lowest BCUT2D eigenvalue weighted by Gasteiger charge is -2.24. The van der Waals surface area contributed by atoms with Crippen LogP contribution in [0, 0.1) is 13.8 Å². The second-order valence-electron chi connectivity index (χ2n) is 8.08. The summed E-state index contributed by atoms with van der Waals surface area (Å²) in [5.74, 6) is 0.208. The molecule has 1 aliphatic rings. The monoisotopic (exact) mass is 455 g/mol. The van der Waals surface area contributed by atoms with E-state index in [1.807, 2.05) is 6.92 Å². The van der Waals surface area contributed by atoms with Gasteiger partial charge in [0.2, 0.25) is 0 Å². The Hall–Kier alpha value is -3.69. The molecule has 0 N–H and O–H groups in total. The number of alkyl halides is 3. The lowest BCUT2D eigenvalue weighted by molar-refractivity contribution is -0.142. The summed E-state index contributed by atoms with van der Waals surface area (Å²) >= 11 is 0. The normalized spacial score (nSPS) is 16.6. The molecule has 33 heavy (non-hydrogen) atoms. The first-order valence-electron chi connectivity index (χ1n) is 10.5. The van der Waals surface area contributed by atoms with Crippen LogP contribution in [0.2, 0.25) is 0 Å². The van der Waals surface area contributed by atoms with E-state index in [1.165, 1.54) is 0 Å². The van der Waals surface area contributed by atoms with Crippen LogP contribution in [-0.2, 0) is 6.18 Å². The van der Waals surface area contributed by atoms with Gasteiger partial charge in [0.25, 0.3) is 5.91 Å². The molecule has 1 fully saturated rings. The number of halogens is 3. The molecule has 7 nitrogen and oxygen atoms in total. The van der Waals surface area contributed by atoms with Gasteiger partial charge < -0.3 is 9.42 Å². The molecule has 1 amide bonds. The molecule has 0 bridgehead atoms. The third kappa shape index (κ3) is 3.55. The van der Waals surface area contributed by atoms with Crippen molar-refractivity contribution in [3.8, 4) is 11.3 Å². The number of fused-ring (bicyclic) bond motifs is 1. The van der Waals surface area contributed by atoms with Crippen molar-refractivity contribution in [1.29, 1.82) is 0 Å². The van der Waals surface area contributed by atoms with Gasteiger partial charge in [-0.25, -0.2) is 9.50 Å². The summed E-state index contributed by atoms with van der Waals surface area (Å²) in [5.41, 5.74) is 1.07. The number of aromatic nitrogens is 4. The van der Waals surface area contributed by atoms with Crippen molar-refractivity contribution in [1.82, 2.24) is 24.7 Å². The zero-order valence-corrected chi connectivity index (χ0v) is 17.9. The van der Waals surface area contributed by atoms with Crippen molar-refractivity contribution in [3.05, 3.63) is 70.9 Å². The Labute approximate surface area is 186 Å². The number of hydrogen-bond acceptors (Lipinski definition) is 5. The summed E-state index contributed by atoms with van der Waals surface area (Å²) in [4.78, 5) is 19.6. The molecule has 1 aromatic carbocycles. The van der Waals surface area contributed by atoms with Crippen LogP contribution >= 0.6 is 0 Å². The Morgan fingerprint density at radius 1 is 1.18 bits per heavy atom. The fraction of sp³-hybridized carbons (Fsp3) is 0.304. The lowest BCUT2D eigenvalue weighted by atomic mass is 10.0. The number of carbonyl (C=O) groups is 1. The second-order valence-corrected chi connectivity index (χ2v) is 8.08. The zero-order valence-electron chi connectivity index (χ0n) is 17.9. The molecule has 0 spiro atoms. The van der Waals surface area contributed by atoms with E-state index in [0.29, 0.717) is 34.5 Å². The number of aryl methyl sites for hydroxylation is 2. The van der Waals surface area contributed by atoms with Crippen LogP contribution in [0.1, 0.15) is 52.0 Å². The van der Waals surface area contributed by atoms with Crippen molar-refractivity contribution in [2.24, 2.45) is 0 Å². The topological polar surface area (TPSA) is 76.5 Å². The highest BCUT2D eigenvalue weighted by molar-refractivity contribution is 6.00. The van der Waals surface area contributed by atoms with E-state index in [-0.39, 0.29) is 22.9 Å². The summed E-state index contributed by atoms with van der Waals surface area (Å²) in [5, 5.41) is 7.88.